The molecule has 2 aromatic carbocycles. The molecule has 7 heteroatoms. The van der Waals surface area contributed by atoms with Gasteiger partial charge in [-0.1, -0.05) is 40.2 Å². The Balaban J connectivity index is 1.84. The van der Waals surface area contributed by atoms with Gasteiger partial charge in [-0.2, -0.15) is 0 Å². The smallest absolute Gasteiger partial charge is 0.344 e. The van der Waals surface area contributed by atoms with Crippen LogP contribution in [0.25, 0.3) is 11.0 Å². The molecule has 134 valence electrons. The van der Waals surface area contributed by atoms with E-state index in [-0.39, 0.29) is 0 Å². The largest absolute Gasteiger partial charge is 0.440 e. The van der Waals surface area contributed by atoms with Gasteiger partial charge in [0.05, 0.1) is 17.3 Å². The fourth-order valence-electron chi connectivity index (χ4n) is 3.62. The van der Waals surface area contributed by atoms with Gasteiger partial charge >= 0.3 is 5.63 Å². The molecule has 0 saturated carbocycles. The Morgan fingerprint density at radius 1 is 1.11 bits per heavy atom. The lowest BCUT2D eigenvalue weighted by atomic mass is 9.82. The van der Waals surface area contributed by atoms with Gasteiger partial charge in [0.2, 0.25) is 5.88 Å². The number of hydrogen-bond donors (Lipinski definition) is 2. The first-order valence-electron chi connectivity index (χ1n) is 8.40. The van der Waals surface area contributed by atoms with Crippen LogP contribution in [0, 0.1) is 0 Å². The van der Waals surface area contributed by atoms with Gasteiger partial charge < -0.3 is 20.2 Å². The van der Waals surface area contributed by atoms with E-state index >= 15 is 0 Å². The molecule has 2 unspecified atom stereocenters. The molecule has 0 amide bonds. The lowest BCUT2D eigenvalue weighted by Gasteiger charge is -2.33. The van der Waals surface area contributed by atoms with Crippen molar-refractivity contribution in [3.63, 3.8) is 0 Å². The van der Waals surface area contributed by atoms with E-state index in [9.17, 15) is 4.79 Å². The summed E-state index contributed by atoms with van der Waals surface area (Å²) < 4.78 is 12.6. The van der Waals surface area contributed by atoms with Gasteiger partial charge in [-0.05, 0) is 29.8 Å². The van der Waals surface area contributed by atoms with Gasteiger partial charge in [-0.15, -0.1) is 0 Å². The predicted octanol–water partition coefficient (Wildman–Crippen LogP) is 3.21. The summed E-state index contributed by atoms with van der Waals surface area (Å²) in [6.07, 6.45) is 0.898. The molecule has 3 N–H and O–H groups in total. The van der Waals surface area contributed by atoms with Gasteiger partial charge in [-0.25, -0.2) is 4.79 Å². The van der Waals surface area contributed by atoms with Crippen LogP contribution >= 0.6 is 15.9 Å². The third-order valence-electron chi connectivity index (χ3n) is 4.82. The van der Waals surface area contributed by atoms with Gasteiger partial charge in [0, 0.05) is 16.0 Å². The van der Waals surface area contributed by atoms with Crippen LogP contribution in [0.15, 0.2) is 78.7 Å². The van der Waals surface area contributed by atoms with Crippen molar-refractivity contribution in [3.8, 4) is 5.75 Å². The zero-order valence-electron chi connectivity index (χ0n) is 14.0. The number of nitrogens with zero attached hydrogens (tertiary/aromatic N) is 1. The minimum atomic E-state index is -0.617. The van der Waals surface area contributed by atoms with E-state index in [0.29, 0.717) is 28.4 Å². The molecule has 1 aromatic heterocycles. The normalized spacial score (nSPS) is 20.7. The van der Waals surface area contributed by atoms with Crippen molar-refractivity contribution >= 4 is 33.2 Å². The minimum Gasteiger partial charge on any atom is -0.440 e. The van der Waals surface area contributed by atoms with Crippen molar-refractivity contribution in [2.45, 2.75) is 12.1 Å². The maximum atomic E-state index is 12.9. The average molecular weight is 424 g/mol. The van der Waals surface area contributed by atoms with Crippen LogP contribution in [0.1, 0.15) is 17.0 Å². The fourth-order valence-corrected chi connectivity index (χ4v) is 3.88. The molecule has 0 spiro atoms. The highest BCUT2D eigenvalue weighted by atomic mass is 79.9. The number of benzene rings is 2. The topological polar surface area (TPSA) is 89.9 Å². The fraction of sp³-hybridized carbons (Fsp3) is 0.100. The summed E-state index contributed by atoms with van der Waals surface area (Å²) >= 11 is 3.45. The Hall–Kier alpha value is -2.90. The van der Waals surface area contributed by atoms with Crippen molar-refractivity contribution in [1.29, 1.82) is 0 Å². The first-order valence-corrected chi connectivity index (χ1v) is 9.19. The van der Waals surface area contributed by atoms with Crippen molar-refractivity contribution < 1.29 is 9.15 Å². The van der Waals surface area contributed by atoms with Gasteiger partial charge in [-0.3, -0.25) is 4.99 Å². The maximum Gasteiger partial charge on any atom is 0.344 e. The predicted molar refractivity (Wildman–Crippen MR) is 106 cm³/mol. The number of hydrogen-bond acceptors (Lipinski definition) is 6. The number of para-hydroxylation sites is 1. The van der Waals surface area contributed by atoms with Crippen molar-refractivity contribution in [3.05, 3.63) is 86.0 Å². The number of halogens is 1. The summed E-state index contributed by atoms with van der Waals surface area (Å²) in [7, 11) is 0. The summed E-state index contributed by atoms with van der Waals surface area (Å²) in [5, 5.41) is 3.77. The molecule has 27 heavy (non-hydrogen) atoms. The molecule has 3 heterocycles. The molecule has 2 aliphatic heterocycles. The van der Waals surface area contributed by atoms with Gasteiger partial charge in [0.15, 0.2) is 5.75 Å². The molecule has 3 aromatic rings. The van der Waals surface area contributed by atoms with Crippen LogP contribution in [0.3, 0.4) is 0 Å². The van der Waals surface area contributed by atoms with E-state index in [1.807, 2.05) is 42.5 Å². The third-order valence-corrected chi connectivity index (χ3v) is 5.35. The number of aliphatic imine (C=N–C) groups is 1. The number of nitrogens with two attached hydrogens (primary N) is 1. The minimum absolute atomic E-state index is 0.419. The first kappa shape index (κ1) is 16.3. The van der Waals surface area contributed by atoms with Crippen molar-refractivity contribution in [2.75, 3.05) is 0 Å². The molecular formula is C20H14BrN3O3. The highest BCUT2D eigenvalue weighted by Crippen LogP contribution is 2.45. The highest BCUT2D eigenvalue weighted by molar-refractivity contribution is 9.10. The molecule has 0 aliphatic carbocycles. The molecular weight excluding hydrogens is 410 g/mol. The number of nitrogens with one attached hydrogen (secondary N) is 1. The summed E-state index contributed by atoms with van der Waals surface area (Å²) in [5.74, 6) is 0.579. The standard InChI is InChI=1S/C20H14BrN3O3/c21-11-7-5-10(6-8-11)14-15-17(27-19-16(14)18(22)23-9-24-19)12-3-1-2-4-13(12)26-20(15)25/h1-9,14,18H,22H2,(H,23,24). The molecule has 0 saturated heterocycles. The number of ether oxygens (including phenoxy) is 1. The zero-order chi connectivity index (χ0) is 18.5. The second-order valence-corrected chi connectivity index (χ2v) is 7.28. The second kappa shape index (κ2) is 6.07. The Bertz CT molecular complexity index is 1180. The van der Waals surface area contributed by atoms with Crippen LogP contribution in [0.2, 0.25) is 0 Å². The van der Waals surface area contributed by atoms with Crippen LogP contribution in [0.5, 0.6) is 5.75 Å². The summed E-state index contributed by atoms with van der Waals surface area (Å²) in [5.41, 5.74) is 8.34. The molecule has 5 rings (SSSR count). The van der Waals surface area contributed by atoms with Crippen LogP contribution < -0.4 is 21.4 Å². The molecule has 0 radical (unpaired) electrons. The highest BCUT2D eigenvalue weighted by Gasteiger charge is 2.39. The monoisotopic (exact) mass is 423 g/mol. The first-order chi connectivity index (χ1) is 13.1. The Morgan fingerprint density at radius 3 is 2.70 bits per heavy atom. The van der Waals surface area contributed by atoms with E-state index in [0.717, 1.165) is 15.4 Å². The molecule has 2 atom stereocenters. The summed E-state index contributed by atoms with van der Waals surface area (Å²) in [6.45, 7) is 0. The average Bonchev–Trinajstić information content (AvgIpc) is 2.68. The molecule has 0 fully saturated rings. The third kappa shape index (κ3) is 2.50. The van der Waals surface area contributed by atoms with E-state index in [1.54, 1.807) is 6.07 Å². The second-order valence-electron chi connectivity index (χ2n) is 6.37. The number of rotatable bonds is 1. The van der Waals surface area contributed by atoms with Gasteiger partial charge in [0.25, 0.3) is 0 Å². The molecule has 0 bridgehead atoms. The van der Waals surface area contributed by atoms with E-state index in [2.05, 4.69) is 26.2 Å². The SMILES string of the molecule is NC1N=CNC2=C1C(c1ccc(Br)cc1)c1c(c3ccccc3oc1=O)O2. The van der Waals surface area contributed by atoms with Crippen molar-refractivity contribution in [1.82, 2.24) is 5.32 Å². The van der Waals surface area contributed by atoms with E-state index in [4.69, 9.17) is 14.9 Å². The molecule has 6 nitrogen and oxygen atoms in total. The Kier molecular flexibility index (Phi) is 3.66. The van der Waals surface area contributed by atoms with Crippen LogP contribution in [0.4, 0.5) is 0 Å². The Morgan fingerprint density at radius 2 is 1.89 bits per heavy atom. The van der Waals surface area contributed by atoms with Crippen LogP contribution in [-0.4, -0.2) is 12.5 Å². The van der Waals surface area contributed by atoms with Gasteiger partial charge in [0.1, 0.15) is 11.7 Å². The Labute approximate surface area is 162 Å². The lowest BCUT2D eigenvalue weighted by Crippen LogP contribution is -2.39. The quantitative estimate of drug-likeness (QED) is 0.586. The summed E-state index contributed by atoms with van der Waals surface area (Å²) in [6, 6.07) is 15.1. The summed E-state index contributed by atoms with van der Waals surface area (Å²) in [4.78, 5) is 17.2. The lowest BCUT2D eigenvalue weighted by molar-refractivity contribution is 0.358. The van der Waals surface area contributed by atoms with E-state index < -0.39 is 17.7 Å². The van der Waals surface area contributed by atoms with Crippen molar-refractivity contribution in [2.24, 2.45) is 10.7 Å². The molecule has 2 aliphatic rings. The number of fused-ring (bicyclic) bond motifs is 3. The maximum absolute atomic E-state index is 12.9. The van der Waals surface area contributed by atoms with Crippen LogP contribution in [-0.2, 0) is 0 Å². The zero-order valence-corrected chi connectivity index (χ0v) is 15.6. The van der Waals surface area contributed by atoms with E-state index in [1.165, 1.54) is 6.34 Å².